The van der Waals surface area contributed by atoms with E-state index in [-0.39, 0.29) is 12.1 Å². The summed E-state index contributed by atoms with van der Waals surface area (Å²) in [6.45, 7) is 12.1. The minimum Gasteiger partial charge on any atom is -0.444 e. The molecule has 0 saturated heterocycles. The summed E-state index contributed by atoms with van der Waals surface area (Å²) in [6.07, 6.45) is 3.78. The Kier molecular flexibility index (Phi) is 8.49. The van der Waals surface area contributed by atoms with E-state index in [1.165, 1.54) is 12.8 Å². The molecule has 0 spiro atoms. The van der Waals surface area contributed by atoms with Crippen molar-refractivity contribution in [3.63, 3.8) is 0 Å². The van der Waals surface area contributed by atoms with E-state index in [2.05, 4.69) is 49.1 Å². The molecule has 170 valence electrons. The Balaban J connectivity index is 1.86. The molecule has 0 radical (unpaired) electrons. The number of carbonyl (C=O) groups is 1. The Hall–Kier alpha value is -2.32. The van der Waals surface area contributed by atoms with Gasteiger partial charge in [0.05, 0.1) is 6.54 Å². The molecule has 1 aromatic heterocycles. The summed E-state index contributed by atoms with van der Waals surface area (Å²) in [7, 11) is 3.77. The van der Waals surface area contributed by atoms with Crippen LogP contribution in [0.2, 0.25) is 0 Å². The average molecular weight is 422 g/mol. The summed E-state index contributed by atoms with van der Waals surface area (Å²) >= 11 is 0. The molecule has 1 aliphatic heterocycles. The highest BCUT2D eigenvalue weighted by molar-refractivity contribution is 5.79. The number of ether oxygens (including phenoxy) is 1. The van der Waals surface area contributed by atoms with Crippen LogP contribution < -0.4 is 10.6 Å². The van der Waals surface area contributed by atoms with Gasteiger partial charge in [-0.25, -0.2) is 4.79 Å². The van der Waals surface area contributed by atoms with Gasteiger partial charge in [-0.1, -0.05) is 13.8 Å². The van der Waals surface area contributed by atoms with Crippen molar-refractivity contribution >= 4 is 12.1 Å². The monoisotopic (exact) mass is 421 g/mol. The fourth-order valence-corrected chi connectivity index (χ4v) is 3.51. The highest BCUT2D eigenvalue weighted by Crippen LogP contribution is 2.14. The molecule has 0 bridgehead atoms. The summed E-state index contributed by atoms with van der Waals surface area (Å²) in [6, 6.07) is 0.0175. The second-order valence-corrected chi connectivity index (χ2v) is 9.25. The number of guanidine groups is 1. The van der Waals surface area contributed by atoms with Crippen LogP contribution in [0.1, 0.15) is 65.5 Å². The van der Waals surface area contributed by atoms with E-state index >= 15 is 0 Å². The van der Waals surface area contributed by atoms with Crippen molar-refractivity contribution in [2.24, 2.45) is 10.9 Å². The Morgan fingerprint density at radius 3 is 2.67 bits per heavy atom. The van der Waals surface area contributed by atoms with Gasteiger partial charge in [-0.05, 0) is 46.0 Å². The summed E-state index contributed by atoms with van der Waals surface area (Å²) in [5, 5.41) is 15.0. The van der Waals surface area contributed by atoms with Crippen LogP contribution in [0.3, 0.4) is 0 Å². The minimum absolute atomic E-state index is 0.0175. The number of aromatic nitrogens is 3. The second kappa shape index (κ2) is 10.6. The van der Waals surface area contributed by atoms with Crippen LogP contribution in [0.15, 0.2) is 4.99 Å². The van der Waals surface area contributed by atoms with E-state index < -0.39 is 5.60 Å². The number of alkyl carbamates (subject to hydrolysis) is 1. The minimum atomic E-state index is -0.505. The molecule has 0 fully saturated rings. The number of aliphatic imine (C=N–C) groups is 1. The Morgan fingerprint density at radius 2 is 2.03 bits per heavy atom. The molecule has 2 N–H and O–H groups in total. The molecule has 0 aromatic carbocycles. The predicted molar refractivity (Wildman–Crippen MR) is 118 cm³/mol. The number of fused-ring (bicyclic) bond motifs is 1. The zero-order chi connectivity index (χ0) is 22.3. The van der Waals surface area contributed by atoms with Crippen molar-refractivity contribution < 1.29 is 9.53 Å². The molecule has 1 atom stereocenters. The quantitative estimate of drug-likeness (QED) is 0.519. The fourth-order valence-electron chi connectivity index (χ4n) is 3.51. The summed E-state index contributed by atoms with van der Waals surface area (Å²) in [4.78, 5) is 18.6. The van der Waals surface area contributed by atoms with Crippen molar-refractivity contribution in [3.8, 4) is 0 Å². The van der Waals surface area contributed by atoms with Gasteiger partial charge in [-0.2, -0.15) is 0 Å². The topological polar surface area (TPSA) is 96.7 Å². The fraction of sp³-hybridized carbons (Fsp3) is 0.810. The van der Waals surface area contributed by atoms with E-state index in [0.29, 0.717) is 12.5 Å². The summed E-state index contributed by atoms with van der Waals surface area (Å²) in [5.41, 5.74) is -0.505. The average Bonchev–Trinajstić information content (AvgIpc) is 3.07. The molecule has 1 unspecified atom stereocenters. The van der Waals surface area contributed by atoms with Gasteiger partial charge >= 0.3 is 6.09 Å². The van der Waals surface area contributed by atoms with Crippen molar-refractivity contribution in [1.29, 1.82) is 0 Å². The number of rotatable bonds is 7. The maximum absolute atomic E-state index is 12.2. The lowest BCUT2D eigenvalue weighted by molar-refractivity contribution is 0.0486. The third-order valence-electron chi connectivity index (χ3n) is 5.20. The van der Waals surface area contributed by atoms with E-state index in [9.17, 15) is 4.79 Å². The zero-order valence-corrected chi connectivity index (χ0v) is 19.7. The SMILES string of the molecule is CN=C(NCc1nnc2n1CCCC2)N(C)CCC(NC(=O)OC(C)(C)C)C(C)C. The van der Waals surface area contributed by atoms with Gasteiger partial charge in [-0.15, -0.1) is 10.2 Å². The van der Waals surface area contributed by atoms with Crippen molar-refractivity contribution in [1.82, 2.24) is 30.3 Å². The standard InChI is InChI=1S/C21H39N7O2/c1-15(2)16(24-20(29)30-21(3,4)5)11-13-27(7)19(22-6)23-14-18-26-25-17-10-8-9-12-28(17)18/h15-16H,8-14H2,1-7H3,(H,22,23)(H,24,29). The van der Waals surface area contributed by atoms with Crippen LogP contribution >= 0.6 is 0 Å². The van der Waals surface area contributed by atoms with Gasteiger partial charge in [0.1, 0.15) is 11.4 Å². The maximum atomic E-state index is 12.2. The third-order valence-corrected chi connectivity index (χ3v) is 5.20. The van der Waals surface area contributed by atoms with Crippen molar-refractivity contribution in [2.75, 3.05) is 20.6 Å². The zero-order valence-electron chi connectivity index (χ0n) is 19.7. The van der Waals surface area contributed by atoms with Crippen LogP contribution in [0.4, 0.5) is 4.79 Å². The van der Waals surface area contributed by atoms with E-state index in [4.69, 9.17) is 4.74 Å². The molecule has 0 saturated carbocycles. The molecule has 2 heterocycles. The first-order chi connectivity index (χ1) is 14.1. The molecule has 1 amide bonds. The third kappa shape index (κ3) is 7.18. The number of nitrogens with zero attached hydrogens (tertiary/aromatic N) is 5. The van der Waals surface area contributed by atoms with Crippen LogP contribution in [-0.4, -0.2) is 64.0 Å². The molecule has 1 aliphatic rings. The van der Waals surface area contributed by atoms with E-state index in [0.717, 1.165) is 43.5 Å². The number of amides is 1. The molecular formula is C21H39N7O2. The first-order valence-corrected chi connectivity index (χ1v) is 10.9. The van der Waals surface area contributed by atoms with Crippen molar-refractivity contribution in [3.05, 3.63) is 11.6 Å². The first kappa shape index (κ1) is 24.0. The normalized spacial score (nSPS) is 15.5. The first-order valence-electron chi connectivity index (χ1n) is 10.9. The Morgan fingerprint density at radius 1 is 1.30 bits per heavy atom. The molecular weight excluding hydrogens is 382 g/mol. The highest BCUT2D eigenvalue weighted by atomic mass is 16.6. The van der Waals surface area contributed by atoms with Gasteiger partial charge in [0.25, 0.3) is 0 Å². The predicted octanol–water partition coefficient (Wildman–Crippen LogP) is 2.56. The molecule has 2 rings (SSSR count). The van der Waals surface area contributed by atoms with Crippen LogP contribution in [0.5, 0.6) is 0 Å². The maximum Gasteiger partial charge on any atom is 0.407 e. The van der Waals surface area contributed by atoms with E-state index in [1.54, 1.807) is 7.05 Å². The largest absolute Gasteiger partial charge is 0.444 e. The van der Waals surface area contributed by atoms with Crippen LogP contribution in [0.25, 0.3) is 0 Å². The van der Waals surface area contributed by atoms with Crippen LogP contribution in [0, 0.1) is 5.92 Å². The van der Waals surface area contributed by atoms with E-state index in [1.807, 2.05) is 27.8 Å². The Bertz CT molecular complexity index is 721. The number of carbonyl (C=O) groups excluding carboxylic acids is 1. The summed E-state index contributed by atoms with van der Waals surface area (Å²) in [5.74, 6) is 3.12. The number of nitrogens with one attached hydrogen (secondary N) is 2. The summed E-state index contributed by atoms with van der Waals surface area (Å²) < 4.78 is 7.62. The van der Waals surface area contributed by atoms with Crippen molar-refractivity contribution in [2.45, 2.75) is 85.0 Å². The smallest absolute Gasteiger partial charge is 0.407 e. The molecule has 1 aromatic rings. The number of hydrogen-bond acceptors (Lipinski definition) is 5. The van der Waals surface area contributed by atoms with Gasteiger partial charge in [0.2, 0.25) is 0 Å². The van der Waals surface area contributed by atoms with Gasteiger partial charge in [0, 0.05) is 39.6 Å². The lowest BCUT2D eigenvalue weighted by Gasteiger charge is -2.28. The van der Waals surface area contributed by atoms with Gasteiger partial charge < -0.3 is 24.8 Å². The second-order valence-electron chi connectivity index (χ2n) is 9.25. The molecule has 30 heavy (non-hydrogen) atoms. The molecule has 0 aliphatic carbocycles. The van der Waals surface area contributed by atoms with Gasteiger partial charge in [-0.3, -0.25) is 4.99 Å². The highest BCUT2D eigenvalue weighted by Gasteiger charge is 2.22. The lowest BCUT2D eigenvalue weighted by atomic mass is 10.0. The van der Waals surface area contributed by atoms with Gasteiger partial charge in [0.15, 0.2) is 11.8 Å². The number of aryl methyl sites for hydroxylation is 1. The lowest BCUT2D eigenvalue weighted by Crippen LogP contribution is -2.45. The molecule has 9 heteroatoms. The Labute approximate surface area is 180 Å². The van der Waals surface area contributed by atoms with Crippen LogP contribution in [-0.2, 0) is 24.2 Å². The number of hydrogen-bond donors (Lipinski definition) is 2. The molecule has 9 nitrogen and oxygen atoms in total.